The van der Waals surface area contributed by atoms with E-state index < -0.39 is 35.0 Å². The standard InChI is InChI=1S/C13H15N5O7S/c1-3-24-12(23)15-13(16-17-14)10(22)18-8(9(20)21)7(4-25-6(2)19)5-26-11(13)18/h11H,3-5H2,1-2H3,(H,15,23)(H,20,21)/t11-,13?/m1/s1. The minimum absolute atomic E-state index is 0.0285. The molecule has 1 fully saturated rings. The molecule has 1 unspecified atom stereocenters. The third-order valence-electron chi connectivity index (χ3n) is 3.55. The number of nitrogens with zero attached hydrogens (tertiary/aromatic N) is 4. The molecule has 12 nitrogen and oxygen atoms in total. The van der Waals surface area contributed by atoms with Crippen molar-refractivity contribution in [1.82, 2.24) is 10.2 Å². The number of rotatable bonds is 6. The van der Waals surface area contributed by atoms with Gasteiger partial charge in [-0.25, -0.2) is 9.59 Å². The maximum absolute atomic E-state index is 12.6. The van der Waals surface area contributed by atoms with Crippen LogP contribution in [0.25, 0.3) is 10.4 Å². The van der Waals surface area contributed by atoms with Crippen molar-refractivity contribution in [2.24, 2.45) is 5.11 Å². The molecule has 0 bridgehead atoms. The molecule has 2 atom stereocenters. The Morgan fingerprint density at radius 2 is 2.19 bits per heavy atom. The van der Waals surface area contributed by atoms with Crippen molar-refractivity contribution in [1.29, 1.82) is 0 Å². The summed E-state index contributed by atoms with van der Waals surface area (Å²) in [5.41, 5.74) is 6.65. The van der Waals surface area contributed by atoms with Crippen LogP contribution >= 0.6 is 11.8 Å². The summed E-state index contributed by atoms with van der Waals surface area (Å²) < 4.78 is 9.53. The minimum Gasteiger partial charge on any atom is -0.477 e. The highest BCUT2D eigenvalue weighted by molar-refractivity contribution is 8.00. The van der Waals surface area contributed by atoms with E-state index in [0.29, 0.717) is 0 Å². The molecule has 2 aliphatic rings. The Morgan fingerprint density at radius 1 is 1.50 bits per heavy atom. The van der Waals surface area contributed by atoms with Gasteiger partial charge in [0.2, 0.25) is 5.66 Å². The molecular weight excluding hydrogens is 370 g/mol. The highest BCUT2D eigenvalue weighted by atomic mass is 32.2. The summed E-state index contributed by atoms with van der Waals surface area (Å²) in [6, 6.07) is 0. The van der Waals surface area contributed by atoms with E-state index in [0.717, 1.165) is 16.7 Å². The summed E-state index contributed by atoms with van der Waals surface area (Å²) >= 11 is 1.06. The third-order valence-corrected chi connectivity index (χ3v) is 4.93. The van der Waals surface area contributed by atoms with Gasteiger partial charge < -0.3 is 14.6 Å². The Hall–Kier alpha value is -2.92. The zero-order valence-electron chi connectivity index (χ0n) is 13.8. The number of amides is 2. The molecule has 140 valence electrons. The summed E-state index contributed by atoms with van der Waals surface area (Å²) in [6.07, 6.45) is -0.972. The highest BCUT2D eigenvalue weighted by Crippen LogP contribution is 2.47. The van der Waals surface area contributed by atoms with Crippen LogP contribution in [0.15, 0.2) is 16.4 Å². The molecule has 2 aliphatic heterocycles. The fourth-order valence-corrected chi connectivity index (χ4v) is 3.90. The molecule has 0 aromatic rings. The Labute approximate surface area is 151 Å². The van der Waals surface area contributed by atoms with Crippen LogP contribution in [0.5, 0.6) is 0 Å². The monoisotopic (exact) mass is 385 g/mol. The first kappa shape index (κ1) is 19.4. The van der Waals surface area contributed by atoms with Gasteiger partial charge >= 0.3 is 18.0 Å². The van der Waals surface area contributed by atoms with E-state index in [1.54, 1.807) is 6.92 Å². The Bertz CT molecular complexity index is 747. The number of alkyl carbamates (subject to hydrolysis) is 1. The number of fused-ring (bicyclic) bond motifs is 1. The van der Waals surface area contributed by atoms with Crippen LogP contribution in [0.3, 0.4) is 0 Å². The smallest absolute Gasteiger partial charge is 0.408 e. The van der Waals surface area contributed by atoms with Crippen LogP contribution in [0.2, 0.25) is 0 Å². The van der Waals surface area contributed by atoms with Gasteiger partial charge in [-0.15, -0.1) is 11.8 Å². The van der Waals surface area contributed by atoms with E-state index >= 15 is 0 Å². The van der Waals surface area contributed by atoms with Gasteiger partial charge in [-0.2, -0.15) is 0 Å². The van der Waals surface area contributed by atoms with Crippen molar-refractivity contribution in [3.05, 3.63) is 21.7 Å². The van der Waals surface area contributed by atoms with Crippen LogP contribution in [-0.2, 0) is 23.9 Å². The number of carboxylic acid groups (broad SMARTS) is 1. The van der Waals surface area contributed by atoms with Gasteiger partial charge in [0, 0.05) is 23.2 Å². The molecule has 2 rings (SSSR count). The first-order valence-electron chi connectivity index (χ1n) is 7.33. The lowest BCUT2D eigenvalue weighted by molar-refractivity contribution is -0.156. The SMILES string of the molecule is CCOC(=O)NC1(N=[N+]=[N-])C(=O)N2C(C(=O)O)=C(COC(C)=O)CS[C@@H]21. The van der Waals surface area contributed by atoms with E-state index in [1.165, 1.54) is 6.92 Å². The fraction of sp³-hybridized carbons (Fsp3) is 0.538. The predicted molar refractivity (Wildman–Crippen MR) is 86.4 cm³/mol. The molecule has 26 heavy (non-hydrogen) atoms. The maximum atomic E-state index is 12.6. The number of esters is 1. The molecule has 2 amide bonds. The lowest BCUT2D eigenvalue weighted by Crippen LogP contribution is -2.79. The Kier molecular flexibility index (Phi) is 5.63. The molecule has 2 heterocycles. The van der Waals surface area contributed by atoms with Gasteiger partial charge in [0.15, 0.2) is 0 Å². The largest absolute Gasteiger partial charge is 0.477 e. The molecule has 0 aromatic heterocycles. The summed E-state index contributed by atoms with van der Waals surface area (Å²) in [5.74, 6) is -2.83. The summed E-state index contributed by atoms with van der Waals surface area (Å²) in [5, 5.41) is 14.1. The fourth-order valence-electron chi connectivity index (χ4n) is 2.53. The number of hydrogen-bond donors (Lipinski definition) is 2. The number of carboxylic acids is 1. The van der Waals surface area contributed by atoms with Gasteiger partial charge in [-0.3, -0.25) is 19.8 Å². The molecule has 13 heteroatoms. The third kappa shape index (κ3) is 3.26. The number of thioether (sulfide) groups is 1. The number of nitrogens with one attached hydrogen (secondary N) is 1. The second kappa shape index (κ2) is 7.54. The number of β-lactam (4-membered cyclic amide) rings is 1. The van der Waals surface area contributed by atoms with E-state index in [2.05, 4.69) is 15.3 Å². The second-order valence-corrected chi connectivity index (χ2v) is 6.25. The average Bonchev–Trinajstić information content (AvgIpc) is 2.58. The average molecular weight is 385 g/mol. The molecule has 2 N–H and O–H groups in total. The minimum atomic E-state index is -1.99. The molecule has 0 spiro atoms. The van der Waals surface area contributed by atoms with E-state index in [4.69, 9.17) is 15.0 Å². The highest BCUT2D eigenvalue weighted by Gasteiger charge is 2.66. The first-order valence-corrected chi connectivity index (χ1v) is 8.38. The van der Waals surface area contributed by atoms with Crippen molar-refractivity contribution in [3.63, 3.8) is 0 Å². The van der Waals surface area contributed by atoms with Gasteiger partial charge in [0.25, 0.3) is 5.91 Å². The van der Waals surface area contributed by atoms with Crippen molar-refractivity contribution < 1.29 is 33.8 Å². The zero-order valence-corrected chi connectivity index (χ0v) is 14.6. The maximum Gasteiger partial charge on any atom is 0.408 e. The van der Waals surface area contributed by atoms with Crippen LogP contribution in [0.1, 0.15) is 13.8 Å². The van der Waals surface area contributed by atoms with E-state index in [-0.39, 0.29) is 30.2 Å². The normalized spacial score (nSPS) is 24.0. The Morgan fingerprint density at radius 3 is 2.73 bits per heavy atom. The topological polar surface area (TPSA) is 171 Å². The molecular formula is C13H15N5O7S. The van der Waals surface area contributed by atoms with Crippen molar-refractivity contribution in [2.45, 2.75) is 24.9 Å². The number of azide groups is 1. The lowest BCUT2D eigenvalue weighted by Gasteiger charge is -2.54. The summed E-state index contributed by atoms with van der Waals surface area (Å²) in [7, 11) is 0. The van der Waals surface area contributed by atoms with Crippen LogP contribution in [-0.4, -0.2) is 63.9 Å². The number of aliphatic carboxylic acids is 1. The summed E-state index contributed by atoms with van der Waals surface area (Å²) in [4.78, 5) is 50.4. The Balaban J connectivity index is 2.37. The van der Waals surface area contributed by atoms with Gasteiger partial charge in [0.05, 0.1) is 6.61 Å². The lowest BCUT2D eigenvalue weighted by atomic mass is 9.96. The number of hydrogen-bond acceptors (Lipinski definition) is 8. The predicted octanol–water partition coefficient (Wildman–Crippen LogP) is 0.556. The van der Waals surface area contributed by atoms with Crippen LogP contribution in [0, 0.1) is 0 Å². The second-order valence-electron chi connectivity index (χ2n) is 5.18. The first-order chi connectivity index (χ1) is 12.3. The van der Waals surface area contributed by atoms with Crippen molar-refractivity contribution >= 4 is 35.7 Å². The molecule has 0 aromatic carbocycles. The van der Waals surface area contributed by atoms with Gasteiger partial charge in [0.1, 0.15) is 17.7 Å². The molecule has 0 saturated carbocycles. The molecule has 0 radical (unpaired) electrons. The van der Waals surface area contributed by atoms with E-state index in [1.807, 2.05) is 0 Å². The van der Waals surface area contributed by atoms with Crippen molar-refractivity contribution in [3.8, 4) is 0 Å². The zero-order chi connectivity index (χ0) is 19.5. The van der Waals surface area contributed by atoms with Crippen molar-refractivity contribution in [2.75, 3.05) is 19.0 Å². The van der Waals surface area contributed by atoms with Gasteiger partial charge in [-0.05, 0) is 12.5 Å². The number of ether oxygens (including phenoxy) is 2. The quantitative estimate of drug-likeness (QED) is 0.219. The van der Waals surface area contributed by atoms with Crippen LogP contribution in [0.4, 0.5) is 4.79 Å². The summed E-state index contributed by atoms with van der Waals surface area (Å²) in [6.45, 7) is 2.46. The van der Waals surface area contributed by atoms with Crippen LogP contribution < -0.4 is 5.32 Å². The molecule has 0 aliphatic carbocycles. The number of carbonyl (C=O) groups excluding carboxylic acids is 3. The number of carbonyl (C=O) groups is 4. The van der Waals surface area contributed by atoms with E-state index in [9.17, 15) is 24.3 Å². The molecule has 1 saturated heterocycles. The van der Waals surface area contributed by atoms with Gasteiger partial charge in [-0.1, -0.05) is 5.11 Å².